The molecule has 0 spiro atoms. The van der Waals surface area contributed by atoms with Gasteiger partial charge in [0.1, 0.15) is 90.1 Å². The Morgan fingerprint density at radius 2 is 1.24 bits per heavy atom. The van der Waals surface area contributed by atoms with Crippen LogP contribution < -0.4 is 4.74 Å². The number of carbonyl (C=O) groups is 2. The van der Waals surface area contributed by atoms with Gasteiger partial charge in [0, 0.05) is 17.4 Å². The van der Waals surface area contributed by atoms with Crippen molar-refractivity contribution in [2.45, 2.75) is 116 Å². The van der Waals surface area contributed by atoms with Crippen molar-refractivity contribution in [3.8, 4) is 5.75 Å². The number of esters is 1. The number of hydrogen-bond acceptors (Lipinski definition) is 23. The maximum atomic E-state index is 11.6. The second-order valence-corrected chi connectivity index (χ2v) is 17.0. The number of aliphatic hydroxyl groups is 11. The van der Waals surface area contributed by atoms with E-state index in [0.29, 0.717) is 23.5 Å². The molecule has 11 N–H and O–H groups in total. The Bertz CT molecular complexity index is 2160. The van der Waals surface area contributed by atoms with Gasteiger partial charge in [-0.05, 0) is 35.4 Å². The van der Waals surface area contributed by atoms with Crippen molar-refractivity contribution >= 4 is 29.8 Å². The highest BCUT2D eigenvalue weighted by atomic mass is 32.2. The van der Waals surface area contributed by atoms with E-state index in [9.17, 15) is 60.7 Å². The summed E-state index contributed by atoms with van der Waals surface area (Å²) >= 11 is 1.28. The zero-order valence-corrected chi connectivity index (χ0v) is 38.5. The molecular formula is C46H59N3O20S. The minimum absolute atomic E-state index is 0.0409. The highest BCUT2D eigenvalue weighted by Gasteiger charge is 2.47. The fourth-order valence-corrected chi connectivity index (χ4v) is 8.29. The number of para-hydroxylation sites is 1. The first-order chi connectivity index (χ1) is 33.7. The van der Waals surface area contributed by atoms with Crippen LogP contribution in [0.1, 0.15) is 17.7 Å². The van der Waals surface area contributed by atoms with Gasteiger partial charge >= 0.3 is 5.97 Å². The number of aliphatic hydroxyl groups excluding tert-OH is 11. The molecule has 1 aromatic heterocycles. The van der Waals surface area contributed by atoms with Gasteiger partial charge < -0.3 is 89.3 Å². The van der Waals surface area contributed by atoms with Crippen LogP contribution >= 0.6 is 11.8 Å². The number of aromatic nitrogens is 3. The van der Waals surface area contributed by atoms with Gasteiger partial charge in [-0.25, -0.2) is 9.48 Å². The molecule has 0 amide bonds. The molecule has 7 rings (SSSR count). The summed E-state index contributed by atoms with van der Waals surface area (Å²) in [6.07, 6.45) is -13.7. The van der Waals surface area contributed by atoms with Crippen LogP contribution in [0.5, 0.6) is 5.75 Å². The van der Waals surface area contributed by atoms with Crippen LogP contribution in [0.3, 0.4) is 0 Å². The van der Waals surface area contributed by atoms with E-state index in [0.717, 1.165) is 10.5 Å². The van der Waals surface area contributed by atoms with Crippen molar-refractivity contribution in [1.29, 1.82) is 0 Å². The summed E-state index contributed by atoms with van der Waals surface area (Å²) in [6, 6.07) is 27.0. The molecule has 70 heavy (non-hydrogen) atoms. The molecular weight excluding hydrogens is 947 g/mol. The highest BCUT2D eigenvalue weighted by molar-refractivity contribution is 7.99. The SMILES string of the molecule is COC(=O)/C=C(\C[C@@H]1OC(CO)[C@H](O)[C@H](O)C1O)c1ccccc1.O=COCn1cc(CO[C@@H]2C(O)[C@H](Sc3ccccc3)OC(CO)[C@@H]2O)nn1.OCC1O[C@H](Oc2ccccc2)C(O)[C@@H](O)[C@H]1O. The zero-order valence-electron chi connectivity index (χ0n) is 37.6. The third kappa shape index (κ3) is 15.5. The van der Waals surface area contributed by atoms with Gasteiger partial charge in [0.05, 0.1) is 45.8 Å². The van der Waals surface area contributed by atoms with Crippen LogP contribution in [0, 0.1) is 0 Å². The molecule has 3 aliphatic heterocycles. The summed E-state index contributed by atoms with van der Waals surface area (Å²) in [7, 11) is 1.26. The standard InChI is InChI=1S/C17H21N3O7S.C17H22O7.C12H16O6/c21-7-13-14(23)16(26-8-11-6-20(19-18-11)9-25-10-22)15(24)17(27-13)28-12-4-2-1-3-5-12;1-23-14(19)8-11(10-5-3-2-4-6-10)7-12-15(20)17(22)16(21)13(9-18)24-12;13-6-8-9(14)10(15)11(16)12(18-8)17-7-4-2-1-3-5-7/h1-6,10,13-17,21,23-24H,7-9H2;2-6,8,12-13,15-18,20-22H,7,9H2,1H3;1-5,8-16H,6H2/b;11-8+;/t13?,14-,15?,16-,17-;12-,13?,15?,16-,17+;8?,9-,10-,11?,12-/m000/s1. The molecule has 3 aliphatic rings. The Balaban J connectivity index is 0.000000200. The molecule has 3 aromatic carbocycles. The first-order valence-corrected chi connectivity index (χ1v) is 22.7. The summed E-state index contributed by atoms with van der Waals surface area (Å²) in [4.78, 5) is 22.7. The summed E-state index contributed by atoms with van der Waals surface area (Å²) in [5, 5.41) is 115. The molecule has 24 heteroatoms. The molecule has 0 saturated carbocycles. The van der Waals surface area contributed by atoms with E-state index in [4.69, 9.17) is 28.8 Å². The lowest BCUT2D eigenvalue weighted by molar-refractivity contribution is -0.277. The largest absolute Gasteiger partial charge is 0.466 e. The number of hydrogen-bond donors (Lipinski definition) is 11. The van der Waals surface area contributed by atoms with Gasteiger partial charge in [0.15, 0.2) is 6.73 Å². The lowest BCUT2D eigenvalue weighted by Gasteiger charge is -2.41. The van der Waals surface area contributed by atoms with Crippen LogP contribution in [0.2, 0.25) is 0 Å². The average Bonchev–Trinajstić information content (AvgIpc) is 3.85. The van der Waals surface area contributed by atoms with Gasteiger partial charge in [-0.15, -0.1) is 5.10 Å². The van der Waals surface area contributed by atoms with E-state index in [1.807, 2.05) is 36.4 Å². The Hall–Kier alpha value is -4.97. The van der Waals surface area contributed by atoms with Gasteiger partial charge in [0.25, 0.3) is 6.47 Å². The monoisotopic (exact) mass is 1010 g/mol. The number of methoxy groups -OCH3 is 1. The van der Waals surface area contributed by atoms with Crippen molar-refractivity contribution in [3.63, 3.8) is 0 Å². The van der Waals surface area contributed by atoms with Crippen LogP contribution in [0.15, 0.2) is 108 Å². The lowest BCUT2D eigenvalue weighted by Crippen LogP contribution is -2.60. The predicted molar refractivity (Wildman–Crippen MR) is 241 cm³/mol. The van der Waals surface area contributed by atoms with Gasteiger partial charge in [-0.3, -0.25) is 4.79 Å². The molecule has 15 atom stereocenters. The Kier molecular flexibility index (Phi) is 22.5. The summed E-state index contributed by atoms with van der Waals surface area (Å²) < 4.78 is 37.9. The molecule has 0 aliphatic carbocycles. The van der Waals surface area contributed by atoms with Crippen molar-refractivity contribution in [2.24, 2.45) is 0 Å². The second kappa shape index (κ2) is 28.2. The van der Waals surface area contributed by atoms with Crippen LogP contribution in [0.4, 0.5) is 0 Å². The predicted octanol–water partition coefficient (Wildman–Crippen LogP) is -2.13. The fraction of sp³-hybridized carbons (Fsp3) is 0.478. The molecule has 3 fully saturated rings. The van der Waals surface area contributed by atoms with E-state index in [2.05, 4.69) is 19.8 Å². The maximum absolute atomic E-state index is 11.6. The highest BCUT2D eigenvalue weighted by Crippen LogP contribution is 2.35. The Labute approximate surface area is 405 Å². The topological polar surface area (TPSA) is 352 Å². The van der Waals surface area contributed by atoms with Crippen molar-refractivity contribution in [1.82, 2.24) is 15.0 Å². The van der Waals surface area contributed by atoms with E-state index in [-0.39, 0.29) is 19.8 Å². The number of nitrogens with zero attached hydrogens (tertiary/aromatic N) is 3. The molecule has 4 heterocycles. The quantitative estimate of drug-likeness (QED) is 0.0306. The van der Waals surface area contributed by atoms with Gasteiger partial charge in [-0.2, -0.15) is 0 Å². The molecule has 6 unspecified atom stereocenters. The first kappa shape index (κ1) is 56.0. The minimum Gasteiger partial charge on any atom is -0.466 e. The van der Waals surface area contributed by atoms with E-state index in [1.54, 1.807) is 54.6 Å². The second-order valence-electron chi connectivity index (χ2n) is 15.8. The molecule has 23 nitrogen and oxygen atoms in total. The van der Waals surface area contributed by atoms with Crippen LogP contribution in [-0.4, -0.2) is 202 Å². The first-order valence-electron chi connectivity index (χ1n) is 21.8. The van der Waals surface area contributed by atoms with Crippen molar-refractivity contribution < 1.29 is 98.9 Å². The maximum Gasteiger partial charge on any atom is 0.330 e. The van der Waals surface area contributed by atoms with Gasteiger partial charge in [-0.1, -0.05) is 83.7 Å². The number of carbonyl (C=O) groups excluding carboxylic acids is 2. The number of ether oxygens (including phenoxy) is 7. The van der Waals surface area contributed by atoms with Crippen LogP contribution in [0.25, 0.3) is 5.57 Å². The van der Waals surface area contributed by atoms with Crippen molar-refractivity contribution in [2.75, 3.05) is 26.9 Å². The molecule has 384 valence electrons. The number of benzene rings is 3. The minimum atomic E-state index is -1.45. The summed E-state index contributed by atoms with van der Waals surface area (Å²) in [5.74, 6) is -0.0970. The smallest absolute Gasteiger partial charge is 0.330 e. The number of thioether (sulfide) groups is 1. The molecule has 0 radical (unpaired) electrons. The average molecular weight is 1010 g/mol. The van der Waals surface area contributed by atoms with E-state index < -0.39 is 117 Å². The summed E-state index contributed by atoms with van der Waals surface area (Å²) in [5.41, 5.74) is 0.976. The van der Waals surface area contributed by atoms with E-state index >= 15 is 0 Å². The molecule has 3 saturated heterocycles. The van der Waals surface area contributed by atoms with E-state index in [1.165, 1.54) is 35.8 Å². The Morgan fingerprint density at radius 1 is 0.686 bits per heavy atom. The van der Waals surface area contributed by atoms with Gasteiger partial charge in [0.2, 0.25) is 6.29 Å². The number of rotatable bonds is 17. The molecule has 4 aromatic rings. The Morgan fingerprint density at radius 3 is 1.84 bits per heavy atom. The third-order valence-corrected chi connectivity index (χ3v) is 12.2. The third-order valence-electron chi connectivity index (χ3n) is 11.0. The fourth-order valence-electron chi connectivity index (χ4n) is 7.21. The zero-order chi connectivity index (χ0) is 50.7. The lowest BCUT2D eigenvalue weighted by atomic mass is 9.89. The summed E-state index contributed by atoms with van der Waals surface area (Å²) in [6.45, 7) is -1.21. The van der Waals surface area contributed by atoms with Crippen molar-refractivity contribution in [3.05, 3.63) is 115 Å². The van der Waals surface area contributed by atoms with Crippen LogP contribution in [-0.2, 0) is 51.3 Å². The normalized spacial score (nSPS) is 30.9. The molecule has 0 bridgehead atoms.